The minimum atomic E-state index is -0.974. The van der Waals surface area contributed by atoms with Gasteiger partial charge in [0.25, 0.3) is 0 Å². The summed E-state index contributed by atoms with van der Waals surface area (Å²) in [7, 11) is 1.48. The molecule has 0 saturated heterocycles. The number of aliphatic hydroxyl groups excluding tert-OH is 1. The predicted octanol–water partition coefficient (Wildman–Crippen LogP) is 3.83. The van der Waals surface area contributed by atoms with Crippen LogP contribution in [0.5, 0.6) is 5.75 Å². The van der Waals surface area contributed by atoms with Gasteiger partial charge in [-0.25, -0.2) is 4.39 Å². The van der Waals surface area contributed by atoms with Crippen LogP contribution in [0.4, 0.5) is 4.39 Å². The Morgan fingerprint density at radius 2 is 1.95 bits per heavy atom. The van der Waals surface area contributed by atoms with E-state index in [0.717, 1.165) is 9.13 Å². The van der Waals surface area contributed by atoms with Crippen molar-refractivity contribution < 1.29 is 14.2 Å². The second-order valence-electron chi connectivity index (χ2n) is 4.27. The van der Waals surface area contributed by atoms with Gasteiger partial charge in [0.05, 0.1) is 7.11 Å². The van der Waals surface area contributed by atoms with Crippen LogP contribution in [0.2, 0.25) is 0 Å². The Kier molecular flexibility index (Phi) is 4.42. The first kappa shape index (κ1) is 14.3. The smallest absolute Gasteiger partial charge is 0.133 e. The van der Waals surface area contributed by atoms with E-state index in [9.17, 15) is 9.50 Å². The normalized spacial score (nSPS) is 12.3. The van der Waals surface area contributed by atoms with Crippen LogP contribution in [-0.2, 0) is 0 Å². The zero-order chi connectivity index (χ0) is 14.0. The van der Waals surface area contributed by atoms with Crippen LogP contribution in [-0.4, -0.2) is 12.2 Å². The van der Waals surface area contributed by atoms with Gasteiger partial charge in [-0.15, -0.1) is 0 Å². The maximum absolute atomic E-state index is 14.0. The molecule has 0 aliphatic rings. The first-order valence-corrected chi connectivity index (χ1v) is 6.89. The molecular formula is C15H14FIO2. The average Bonchev–Trinajstić information content (AvgIpc) is 2.41. The van der Waals surface area contributed by atoms with E-state index >= 15 is 0 Å². The van der Waals surface area contributed by atoms with Crippen LogP contribution >= 0.6 is 22.6 Å². The van der Waals surface area contributed by atoms with Crippen LogP contribution < -0.4 is 4.74 Å². The molecule has 19 heavy (non-hydrogen) atoms. The summed E-state index contributed by atoms with van der Waals surface area (Å²) in [5.74, 6) is -0.0310. The third-order valence-electron chi connectivity index (χ3n) is 3.02. The molecule has 100 valence electrons. The van der Waals surface area contributed by atoms with Crippen molar-refractivity contribution in [2.24, 2.45) is 0 Å². The molecule has 1 N–H and O–H groups in total. The molecule has 0 radical (unpaired) electrons. The fourth-order valence-corrected chi connectivity index (χ4v) is 2.56. The first-order valence-electron chi connectivity index (χ1n) is 5.81. The molecule has 0 aromatic heterocycles. The molecule has 1 atom stereocenters. The lowest BCUT2D eigenvalue weighted by Gasteiger charge is -2.16. The molecule has 2 nitrogen and oxygen atoms in total. The lowest BCUT2D eigenvalue weighted by Crippen LogP contribution is -2.05. The second kappa shape index (κ2) is 5.88. The Morgan fingerprint density at radius 1 is 1.21 bits per heavy atom. The molecule has 0 fully saturated rings. The van der Waals surface area contributed by atoms with E-state index in [1.54, 1.807) is 12.1 Å². The predicted molar refractivity (Wildman–Crippen MR) is 80.9 cm³/mol. The van der Waals surface area contributed by atoms with Crippen molar-refractivity contribution in [1.29, 1.82) is 0 Å². The summed E-state index contributed by atoms with van der Waals surface area (Å²) >= 11 is 2.17. The van der Waals surface area contributed by atoms with Gasteiger partial charge < -0.3 is 9.84 Å². The zero-order valence-electron chi connectivity index (χ0n) is 10.7. The molecule has 2 aromatic carbocycles. The average molecular weight is 372 g/mol. The highest BCUT2D eigenvalue weighted by atomic mass is 127. The van der Waals surface area contributed by atoms with Gasteiger partial charge in [0.2, 0.25) is 0 Å². The Balaban J connectivity index is 2.44. The summed E-state index contributed by atoms with van der Waals surface area (Å²) in [6.07, 6.45) is -0.974. The van der Waals surface area contributed by atoms with Crippen LogP contribution in [0.1, 0.15) is 22.8 Å². The summed E-state index contributed by atoms with van der Waals surface area (Å²) in [5, 5.41) is 10.4. The Labute approximate surface area is 125 Å². The molecule has 0 spiro atoms. The fourth-order valence-electron chi connectivity index (χ4n) is 1.91. The molecule has 0 aliphatic carbocycles. The summed E-state index contributed by atoms with van der Waals surface area (Å²) < 4.78 is 19.9. The SMILES string of the molecule is COc1ccc(C(O)c2cccc(C)c2I)c(F)c1. The van der Waals surface area contributed by atoms with Gasteiger partial charge in [0.1, 0.15) is 17.7 Å². The van der Waals surface area contributed by atoms with Crippen molar-refractivity contribution >= 4 is 22.6 Å². The van der Waals surface area contributed by atoms with Gasteiger partial charge in [-0.3, -0.25) is 0 Å². The van der Waals surface area contributed by atoms with Gasteiger partial charge in [-0.05, 0) is 52.8 Å². The van der Waals surface area contributed by atoms with Crippen molar-refractivity contribution in [2.45, 2.75) is 13.0 Å². The summed E-state index contributed by atoms with van der Waals surface area (Å²) in [6.45, 7) is 1.96. The maximum Gasteiger partial charge on any atom is 0.133 e. The van der Waals surface area contributed by atoms with Crippen LogP contribution in [0.25, 0.3) is 0 Å². The molecule has 1 unspecified atom stereocenters. The van der Waals surface area contributed by atoms with E-state index < -0.39 is 11.9 Å². The third-order valence-corrected chi connectivity index (χ3v) is 4.49. The molecule has 0 amide bonds. The van der Waals surface area contributed by atoms with Crippen LogP contribution in [0.15, 0.2) is 36.4 Å². The summed E-state index contributed by atoms with van der Waals surface area (Å²) in [6, 6.07) is 10.1. The monoisotopic (exact) mass is 372 g/mol. The highest BCUT2D eigenvalue weighted by molar-refractivity contribution is 14.1. The number of ether oxygens (including phenoxy) is 1. The topological polar surface area (TPSA) is 29.5 Å². The van der Waals surface area contributed by atoms with Crippen molar-refractivity contribution in [2.75, 3.05) is 7.11 Å². The Bertz CT molecular complexity index is 599. The number of aliphatic hydroxyl groups is 1. The van der Waals surface area contributed by atoms with Gasteiger partial charge >= 0.3 is 0 Å². The van der Waals surface area contributed by atoms with E-state index in [1.165, 1.54) is 13.2 Å². The number of halogens is 2. The van der Waals surface area contributed by atoms with E-state index in [0.29, 0.717) is 11.3 Å². The minimum Gasteiger partial charge on any atom is -0.497 e. The molecule has 0 bridgehead atoms. The number of methoxy groups -OCH3 is 1. The summed E-state index contributed by atoms with van der Waals surface area (Å²) in [4.78, 5) is 0. The van der Waals surface area contributed by atoms with Gasteiger partial charge in [-0.1, -0.05) is 18.2 Å². The number of rotatable bonds is 3. The number of hydrogen-bond acceptors (Lipinski definition) is 2. The molecule has 2 rings (SSSR count). The third kappa shape index (κ3) is 2.90. The van der Waals surface area contributed by atoms with Crippen molar-refractivity contribution in [3.05, 3.63) is 62.5 Å². The highest BCUT2D eigenvalue weighted by Gasteiger charge is 2.18. The molecule has 2 aromatic rings. The Morgan fingerprint density at radius 3 is 2.58 bits per heavy atom. The summed E-state index contributed by atoms with van der Waals surface area (Å²) in [5.41, 5.74) is 2.03. The number of hydrogen-bond donors (Lipinski definition) is 1. The highest BCUT2D eigenvalue weighted by Crippen LogP contribution is 2.30. The molecule has 0 saturated carbocycles. The standard InChI is InChI=1S/C15H14FIO2/c1-9-4-3-5-12(14(9)17)15(18)11-7-6-10(19-2)8-13(11)16/h3-8,15,18H,1-2H3. The van der Waals surface area contributed by atoms with E-state index in [4.69, 9.17) is 4.74 Å². The first-order chi connectivity index (χ1) is 9.04. The number of benzene rings is 2. The van der Waals surface area contributed by atoms with Crippen molar-refractivity contribution in [1.82, 2.24) is 0 Å². The Hall–Kier alpha value is -1.14. The van der Waals surface area contributed by atoms with E-state index in [-0.39, 0.29) is 5.56 Å². The van der Waals surface area contributed by atoms with Crippen LogP contribution in [0, 0.1) is 16.3 Å². The lowest BCUT2D eigenvalue weighted by molar-refractivity contribution is 0.213. The van der Waals surface area contributed by atoms with Crippen molar-refractivity contribution in [3.63, 3.8) is 0 Å². The molecule has 0 heterocycles. The molecule has 4 heteroatoms. The molecule has 0 aliphatic heterocycles. The molecular weight excluding hydrogens is 358 g/mol. The van der Waals surface area contributed by atoms with Gasteiger partial charge in [0.15, 0.2) is 0 Å². The zero-order valence-corrected chi connectivity index (χ0v) is 12.8. The van der Waals surface area contributed by atoms with Crippen LogP contribution in [0.3, 0.4) is 0 Å². The fraction of sp³-hybridized carbons (Fsp3) is 0.200. The quantitative estimate of drug-likeness (QED) is 0.830. The largest absolute Gasteiger partial charge is 0.497 e. The van der Waals surface area contributed by atoms with Crippen molar-refractivity contribution in [3.8, 4) is 5.75 Å². The lowest BCUT2D eigenvalue weighted by atomic mass is 9.99. The van der Waals surface area contributed by atoms with Gasteiger partial charge in [0, 0.05) is 15.2 Å². The minimum absolute atomic E-state index is 0.254. The van der Waals surface area contributed by atoms with E-state index in [1.807, 2.05) is 25.1 Å². The van der Waals surface area contributed by atoms with E-state index in [2.05, 4.69) is 22.6 Å². The number of aryl methyl sites for hydroxylation is 1. The van der Waals surface area contributed by atoms with Gasteiger partial charge in [-0.2, -0.15) is 0 Å². The second-order valence-corrected chi connectivity index (χ2v) is 5.35. The maximum atomic E-state index is 14.0.